The number of carbonyl (C=O) groups is 1. The number of hydrogen-bond acceptors (Lipinski definition) is 4. The van der Waals surface area contributed by atoms with Crippen molar-refractivity contribution in [2.75, 3.05) is 32.1 Å². The molecule has 2 rings (SSSR count). The van der Waals surface area contributed by atoms with Crippen LogP contribution in [-0.2, 0) is 0 Å². The van der Waals surface area contributed by atoms with Crippen LogP contribution in [0.3, 0.4) is 0 Å². The van der Waals surface area contributed by atoms with Crippen molar-refractivity contribution in [3.05, 3.63) is 24.0 Å². The Balaban J connectivity index is 2.21. The van der Waals surface area contributed by atoms with Gasteiger partial charge in [0.15, 0.2) is 0 Å². The van der Waals surface area contributed by atoms with E-state index in [1.165, 1.54) is 0 Å². The van der Waals surface area contributed by atoms with E-state index in [-0.39, 0.29) is 5.91 Å². The molecule has 0 bridgehead atoms. The van der Waals surface area contributed by atoms with Crippen LogP contribution in [0.25, 0.3) is 0 Å². The van der Waals surface area contributed by atoms with Crippen LogP contribution in [0.4, 0.5) is 5.69 Å². The number of piperazine rings is 1. The fourth-order valence-electron chi connectivity index (χ4n) is 2.50. The van der Waals surface area contributed by atoms with E-state index in [1.807, 2.05) is 12.1 Å². The quantitative estimate of drug-likeness (QED) is 0.863. The molecule has 0 saturated carbocycles. The first kappa shape index (κ1) is 13.8. The number of anilines is 1. The summed E-state index contributed by atoms with van der Waals surface area (Å²) in [4.78, 5) is 20.0. The summed E-state index contributed by atoms with van der Waals surface area (Å²) in [6.45, 7) is 6.25. The summed E-state index contributed by atoms with van der Waals surface area (Å²) in [6.07, 6.45) is 1.71. The van der Waals surface area contributed by atoms with Crippen molar-refractivity contribution in [2.45, 2.75) is 25.9 Å². The van der Waals surface area contributed by atoms with Crippen molar-refractivity contribution in [2.24, 2.45) is 0 Å². The van der Waals surface area contributed by atoms with E-state index in [4.69, 9.17) is 0 Å². The molecule has 1 N–H and O–H groups in total. The van der Waals surface area contributed by atoms with Crippen molar-refractivity contribution in [3.8, 4) is 0 Å². The monoisotopic (exact) mass is 262 g/mol. The lowest BCUT2D eigenvalue weighted by Crippen LogP contribution is -2.54. The third kappa shape index (κ3) is 3.23. The Morgan fingerprint density at radius 3 is 2.58 bits per heavy atom. The highest BCUT2D eigenvalue weighted by atomic mass is 16.2. The highest BCUT2D eigenvalue weighted by Gasteiger charge is 2.22. The molecule has 5 nitrogen and oxygen atoms in total. The largest absolute Gasteiger partial charge is 0.368 e. The van der Waals surface area contributed by atoms with Crippen LogP contribution in [0, 0.1) is 0 Å². The van der Waals surface area contributed by atoms with Crippen molar-refractivity contribution in [3.63, 3.8) is 0 Å². The van der Waals surface area contributed by atoms with E-state index in [9.17, 15) is 4.79 Å². The van der Waals surface area contributed by atoms with E-state index in [2.05, 4.69) is 29.0 Å². The molecule has 1 aliphatic heterocycles. The molecule has 0 aromatic carbocycles. The normalized spacial score (nSPS) is 23.3. The van der Waals surface area contributed by atoms with E-state index in [0.29, 0.717) is 17.8 Å². The average Bonchev–Trinajstić information content (AvgIpc) is 2.36. The summed E-state index contributed by atoms with van der Waals surface area (Å²) in [6, 6.07) is 4.75. The maximum Gasteiger partial charge on any atom is 0.272 e. The Morgan fingerprint density at radius 1 is 1.37 bits per heavy atom. The molecular weight excluding hydrogens is 240 g/mol. The predicted molar refractivity (Wildman–Crippen MR) is 76.5 cm³/mol. The molecule has 0 spiro atoms. The zero-order chi connectivity index (χ0) is 14.0. The third-order valence-corrected chi connectivity index (χ3v) is 3.29. The average molecular weight is 262 g/mol. The molecule has 2 atom stereocenters. The van der Waals surface area contributed by atoms with Gasteiger partial charge in [-0.1, -0.05) is 0 Å². The van der Waals surface area contributed by atoms with Crippen LogP contribution in [0.2, 0.25) is 0 Å². The number of amides is 1. The van der Waals surface area contributed by atoms with Gasteiger partial charge in [0.1, 0.15) is 5.69 Å². The molecule has 1 amide bonds. The Morgan fingerprint density at radius 2 is 2.00 bits per heavy atom. The lowest BCUT2D eigenvalue weighted by atomic mass is 10.1. The molecule has 104 valence electrons. The maximum absolute atomic E-state index is 11.9. The van der Waals surface area contributed by atoms with Crippen LogP contribution in [0.15, 0.2) is 18.3 Å². The minimum atomic E-state index is -0.0573. The van der Waals surface area contributed by atoms with Gasteiger partial charge in [0, 0.05) is 51.2 Å². The summed E-state index contributed by atoms with van der Waals surface area (Å²) in [5.74, 6) is -0.0573. The van der Waals surface area contributed by atoms with Crippen LogP contribution in [-0.4, -0.2) is 55.1 Å². The Kier molecular flexibility index (Phi) is 4.04. The van der Waals surface area contributed by atoms with Gasteiger partial charge in [-0.15, -0.1) is 0 Å². The number of nitrogens with zero attached hydrogens (tertiary/aromatic N) is 3. The standard InChI is InChI=1S/C14H22N4O/c1-10-8-18(9-11(2)16-10)12-5-6-15-13(7-12)14(19)17(3)4/h5-7,10-11,16H,8-9H2,1-4H3. The minimum Gasteiger partial charge on any atom is -0.368 e. The Labute approximate surface area is 114 Å². The van der Waals surface area contributed by atoms with Gasteiger partial charge in [0.25, 0.3) is 5.91 Å². The number of pyridine rings is 1. The van der Waals surface area contributed by atoms with Crippen LogP contribution < -0.4 is 10.2 Å². The summed E-state index contributed by atoms with van der Waals surface area (Å²) < 4.78 is 0. The molecule has 2 unspecified atom stereocenters. The molecule has 1 aliphatic rings. The summed E-state index contributed by atoms with van der Waals surface area (Å²) >= 11 is 0. The van der Waals surface area contributed by atoms with Crippen molar-refractivity contribution >= 4 is 11.6 Å². The molecule has 1 aromatic rings. The second-order valence-corrected chi connectivity index (χ2v) is 5.47. The van der Waals surface area contributed by atoms with E-state index in [0.717, 1.165) is 18.8 Å². The van der Waals surface area contributed by atoms with Crippen LogP contribution in [0.5, 0.6) is 0 Å². The number of aromatic nitrogens is 1. The van der Waals surface area contributed by atoms with Crippen molar-refractivity contribution in [1.29, 1.82) is 0 Å². The second-order valence-electron chi connectivity index (χ2n) is 5.47. The van der Waals surface area contributed by atoms with Gasteiger partial charge in [-0.25, -0.2) is 0 Å². The number of carbonyl (C=O) groups excluding carboxylic acids is 1. The lowest BCUT2D eigenvalue weighted by molar-refractivity contribution is 0.0822. The van der Waals surface area contributed by atoms with E-state index < -0.39 is 0 Å². The number of nitrogens with one attached hydrogen (secondary N) is 1. The van der Waals surface area contributed by atoms with Gasteiger partial charge in [-0.2, -0.15) is 0 Å². The topological polar surface area (TPSA) is 48.5 Å². The smallest absolute Gasteiger partial charge is 0.272 e. The first-order valence-electron chi connectivity index (χ1n) is 6.66. The summed E-state index contributed by atoms with van der Waals surface area (Å²) in [5, 5.41) is 3.50. The molecule has 5 heteroatoms. The van der Waals surface area contributed by atoms with E-state index >= 15 is 0 Å². The van der Waals surface area contributed by atoms with Gasteiger partial charge in [0.2, 0.25) is 0 Å². The fraction of sp³-hybridized carbons (Fsp3) is 0.571. The summed E-state index contributed by atoms with van der Waals surface area (Å²) in [7, 11) is 3.48. The van der Waals surface area contributed by atoms with Gasteiger partial charge >= 0.3 is 0 Å². The molecule has 19 heavy (non-hydrogen) atoms. The molecular formula is C14H22N4O. The first-order chi connectivity index (χ1) is 8.97. The van der Waals surface area contributed by atoms with Gasteiger partial charge in [0.05, 0.1) is 0 Å². The highest BCUT2D eigenvalue weighted by Crippen LogP contribution is 2.18. The predicted octanol–water partition coefficient (Wildman–Crippen LogP) is 0.970. The highest BCUT2D eigenvalue weighted by molar-refractivity contribution is 5.92. The van der Waals surface area contributed by atoms with E-state index in [1.54, 1.807) is 25.2 Å². The number of hydrogen-bond donors (Lipinski definition) is 1. The third-order valence-electron chi connectivity index (χ3n) is 3.29. The first-order valence-corrected chi connectivity index (χ1v) is 6.66. The van der Waals surface area contributed by atoms with Crippen LogP contribution >= 0.6 is 0 Å². The zero-order valence-corrected chi connectivity index (χ0v) is 12.1. The van der Waals surface area contributed by atoms with Crippen molar-refractivity contribution in [1.82, 2.24) is 15.2 Å². The Bertz CT molecular complexity index is 451. The molecule has 1 saturated heterocycles. The fourth-order valence-corrected chi connectivity index (χ4v) is 2.50. The number of rotatable bonds is 2. The molecule has 0 radical (unpaired) electrons. The minimum absolute atomic E-state index is 0.0573. The maximum atomic E-state index is 11.9. The van der Waals surface area contributed by atoms with Gasteiger partial charge < -0.3 is 15.1 Å². The van der Waals surface area contributed by atoms with Gasteiger partial charge in [-0.3, -0.25) is 9.78 Å². The lowest BCUT2D eigenvalue weighted by Gasteiger charge is -2.37. The zero-order valence-electron chi connectivity index (χ0n) is 12.1. The van der Waals surface area contributed by atoms with Crippen molar-refractivity contribution < 1.29 is 4.79 Å². The SMILES string of the molecule is CC1CN(c2ccnc(C(=O)N(C)C)c2)CC(C)N1. The Hall–Kier alpha value is -1.62. The molecule has 1 aromatic heterocycles. The molecule has 1 fully saturated rings. The van der Waals surface area contributed by atoms with Gasteiger partial charge in [-0.05, 0) is 26.0 Å². The molecule has 0 aliphatic carbocycles. The van der Waals surface area contributed by atoms with Crippen LogP contribution in [0.1, 0.15) is 24.3 Å². The summed E-state index contributed by atoms with van der Waals surface area (Å²) in [5.41, 5.74) is 1.57. The molecule has 2 heterocycles. The second kappa shape index (κ2) is 5.57.